The Balaban J connectivity index is 1.42. The van der Waals surface area contributed by atoms with Crippen LogP contribution < -0.4 is 10.6 Å². The van der Waals surface area contributed by atoms with E-state index in [1.54, 1.807) is 0 Å². The van der Waals surface area contributed by atoms with Gasteiger partial charge < -0.3 is 10.1 Å². The van der Waals surface area contributed by atoms with Crippen LogP contribution in [-0.2, 0) is 28.9 Å². The maximum Gasteiger partial charge on any atom is 0.339 e. The van der Waals surface area contributed by atoms with Crippen molar-refractivity contribution in [3.8, 4) is 0 Å². The van der Waals surface area contributed by atoms with E-state index >= 15 is 0 Å². The molecule has 1 heterocycles. The maximum absolute atomic E-state index is 13.0. The lowest BCUT2D eigenvalue weighted by Gasteiger charge is -2.16. The molecule has 1 aliphatic rings. The number of benzene rings is 2. The average molecular weight is 417 g/mol. The molecule has 0 bridgehead atoms. The number of hydrogen-bond donors (Lipinski definition) is 2. The molecule has 1 aliphatic carbocycles. The zero-order valence-corrected chi connectivity index (χ0v) is 17.2. The highest BCUT2D eigenvalue weighted by molar-refractivity contribution is 6.06. The molecule has 0 aliphatic heterocycles. The lowest BCUT2D eigenvalue weighted by molar-refractivity contribution is -0.127. The number of fused-ring (bicyclic) bond motifs is 2. The van der Waals surface area contributed by atoms with Crippen molar-refractivity contribution >= 4 is 28.8 Å². The van der Waals surface area contributed by atoms with Crippen LogP contribution in [0.25, 0.3) is 10.9 Å². The van der Waals surface area contributed by atoms with Crippen molar-refractivity contribution in [1.82, 2.24) is 15.6 Å². The third kappa shape index (κ3) is 4.55. The first-order chi connectivity index (χ1) is 15.0. The van der Waals surface area contributed by atoms with E-state index in [9.17, 15) is 14.4 Å². The molecule has 7 heteroatoms. The summed E-state index contributed by atoms with van der Waals surface area (Å²) < 4.78 is 5.44. The van der Waals surface area contributed by atoms with Crippen LogP contribution in [0.15, 0.2) is 54.6 Å². The van der Waals surface area contributed by atoms with Gasteiger partial charge in [0.2, 0.25) is 0 Å². The Morgan fingerprint density at radius 3 is 2.58 bits per heavy atom. The molecule has 0 fully saturated rings. The van der Waals surface area contributed by atoms with Gasteiger partial charge >= 0.3 is 12.0 Å². The van der Waals surface area contributed by atoms with E-state index in [1.165, 1.54) is 6.92 Å². The highest BCUT2D eigenvalue weighted by Crippen LogP contribution is 2.30. The standard InChI is InChI=1S/C24H23N3O4/c1-15(22(28)27-24(30)25-14-16-8-3-2-4-9-16)31-23(29)21-17-10-5-6-12-19(17)26-20-13-7-11-18(20)21/h2-6,8-10,12,15H,7,11,13-14H2,1H3,(H2,25,27,28,30)/t15-/m0/s1. The average Bonchev–Trinajstić information content (AvgIpc) is 3.24. The summed E-state index contributed by atoms with van der Waals surface area (Å²) in [5.41, 5.74) is 3.89. The summed E-state index contributed by atoms with van der Waals surface area (Å²) in [5.74, 6) is -1.27. The van der Waals surface area contributed by atoms with Gasteiger partial charge in [-0.25, -0.2) is 9.59 Å². The summed E-state index contributed by atoms with van der Waals surface area (Å²) in [6.07, 6.45) is 1.37. The van der Waals surface area contributed by atoms with Gasteiger partial charge in [0.15, 0.2) is 6.10 Å². The number of para-hydroxylation sites is 1. The monoisotopic (exact) mass is 417 g/mol. The number of amides is 3. The molecule has 0 unspecified atom stereocenters. The Kier molecular flexibility index (Phi) is 5.93. The van der Waals surface area contributed by atoms with Gasteiger partial charge in [-0.2, -0.15) is 0 Å². The summed E-state index contributed by atoms with van der Waals surface area (Å²) in [7, 11) is 0. The minimum atomic E-state index is -1.13. The first kappa shape index (κ1) is 20.5. The topological polar surface area (TPSA) is 97.4 Å². The number of nitrogens with zero attached hydrogens (tertiary/aromatic N) is 1. The third-order valence-corrected chi connectivity index (χ3v) is 5.31. The van der Waals surface area contributed by atoms with E-state index < -0.39 is 24.0 Å². The van der Waals surface area contributed by atoms with Gasteiger partial charge in [-0.1, -0.05) is 48.5 Å². The molecule has 0 spiro atoms. The molecule has 158 valence electrons. The summed E-state index contributed by atoms with van der Waals surface area (Å²) in [6, 6.07) is 16.1. The van der Waals surface area contributed by atoms with E-state index in [0.717, 1.165) is 41.6 Å². The molecular weight excluding hydrogens is 394 g/mol. The largest absolute Gasteiger partial charge is 0.449 e. The molecule has 2 N–H and O–H groups in total. The molecule has 1 aromatic heterocycles. The van der Waals surface area contributed by atoms with Gasteiger partial charge in [-0.15, -0.1) is 0 Å². The van der Waals surface area contributed by atoms with Crippen molar-refractivity contribution < 1.29 is 19.1 Å². The number of imide groups is 1. The second-order valence-corrected chi connectivity index (χ2v) is 7.49. The number of hydrogen-bond acceptors (Lipinski definition) is 5. The zero-order valence-electron chi connectivity index (χ0n) is 17.2. The number of esters is 1. The van der Waals surface area contributed by atoms with Crippen LogP contribution in [0.4, 0.5) is 4.79 Å². The fraction of sp³-hybridized carbons (Fsp3) is 0.250. The van der Waals surface area contributed by atoms with Crippen molar-refractivity contribution in [2.24, 2.45) is 0 Å². The fourth-order valence-corrected chi connectivity index (χ4v) is 3.75. The van der Waals surface area contributed by atoms with Gasteiger partial charge in [-0.3, -0.25) is 15.1 Å². The van der Waals surface area contributed by atoms with Crippen molar-refractivity contribution in [2.75, 3.05) is 0 Å². The van der Waals surface area contributed by atoms with Crippen LogP contribution in [0.2, 0.25) is 0 Å². The fourth-order valence-electron chi connectivity index (χ4n) is 3.75. The number of rotatable bonds is 5. The van der Waals surface area contributed by atoms with Gasteiger partial charge in [0, 0.05) is 17.6 Å². The molecule has 7 nitrogen and oxygen atoms in total. The number of nitrogens with one attached hydrogen (secondary N) is 2. The van der Waals surface area contributed by atoms with Crippen LogP contribution >= 0.6 is 0 Å². The number of carbonyl (C=O) groups is 3. The third-order valence-electron chi connectivity index (χ3n) is 5.31. The Bertz CT molecular complexity index is 1140. The molecule has 4 rings (SSSR count). The van der Waals surface area contributed by atoms with E-state index in [-0.39, 0.29) is 6.54 Å². The summed E-state index contributed by atoms with van der Waals surface area (Å²) in [6.45, 7) is 1.73. The van der Waals surface area contributed by atoms with E-state index in [2.05, 4.69) is 15.6 Å². The predicted octanol–water partition coefficient (Wildman–Crippen LogP) is 3.29. The second kappa shape index (κ2) is 8.95. The van der Waals surface area contributed by atoms with Gasteiger partial charge in [0.1, 0.15) is 0 Å². The predicted molar refractivity (Wildman–Crippen MR) is 115 cm³/mol. The molecule has 3 aromatic rings. The minimum absolute atomic E-state index is 0.281. The number of aryl methyl sites for hydroxylation is 1. The Hall–Kier alpha value is -3.74. The molecule has 0 radical (unpaired) electrons. The van der Waals surface area contributed by atoms with E-state index in [0.29, 0.717) is 10.9 Å². The normalized spacial score (nSPS) is 13.3. The lowest BCUT2D eigenvalue weighted by atomic mass is 10.0. The molecule has 1 atom stereocenters. The molecule has 31 heavy (non-hydrogen) atoms. The van der Waals surface area contributed by atoms with Crippen molar-refractivity contribution in [3.63, 3.8) is 0 Å². The number of ether oxygens (including phenoxy) is 1. The SMILES string of the molecule is C[C@H](OC(=O)c1c2c(nc3ccccc13)CCC2)C(=O)NC(=O)NCc1ccccc1. The molecular formula is C24H23N3O4. The van der Waals surface area contributed by atoms with E-state index in [1.807, 2.05) is 54.6 Å². The maximum atomic E-state index is 13.0. The first-order valence-corrected chi connectivity index (χ1v) is 10.3. The number of pyridine rings is 1. The Morgan fingerprint density at radius 2 is 1.77 bits per heavy atom. The zero-order chi connectivity index (χ0) is 21.8. The smallest absolute Gasteiger partial charge is 0.339 e. The highest BCUT2D eigenvalue weighted by Gasteiger charge is 2.27. The van der Waals surface area contributed by atoms with Crippen LogP contribution in [0.5, 0.6) is 0 Å². The Morgan fingerprint density at radius 1 is 1.03 bits per heavy atom. The van der Waals surface area contributed by atoms with Crippen molar-refractivity contribution in [1.29, 1.82) is 0 Å². The van der Waals surface area contributed by atoms with E-state index in [4.69, 9.17) is 4.74 Å². The van der Waals surface area contributed by atoms with Crippen LogP contribution in [0.1, 0.15) is 40.5 Å². The molecule has 2 aromatic carbocycles. The summed E-state index contributed by atoms with van der Waals surface area (Å²) in [5, 5.41) is 5.54. The molecule has 0 saturated heterocycles. The van der Waals surface area contributed by atoms with Crippen molar-refractivity contribution in [3.05, 3.63) is 77.0 Å². The number of aromatic nitrogens is 1. The Labute approximate surface area is 179 Å². The van der Waals surface area contributed by atoms with Crippen LogP contribution in [0.3, 0.4) is 0 Å². The summed E-state index contributed by atoms with van der Waals surface area (Å²) in [4.78, 5) is 42.0. The number of carbonyl (C=O) groups excluding carboxylic acids is 3. The first-order valence-electron chi connectivity index (χ1n) is 10.3. The quantitative estimate of drug-likeness (QED) is 0.621. The lowest BCUT2D eigenvalue weighted by Crippen LogP contribution is -2.44. The van der Waals surface area contributed by atoms with Gasteiger partial charge in [0.25, 0.3) is 5.91 Å². The van der Waals surface area contributed by atoms with Gasteiger partial charge in [0.05, 0.1) is 11.1 Å². The van der Waals surface area contributed by atoms with Crippen molar-refractivity contribution in [2.45, 2.75) is 38.8 Å². The second-order valence-electron chi connectivity index (χ2n) is 7.49. The highest BCUT2D eigenvalue weighted by atomic mass is 16.5. The minimum Gasteiger partial charge on any atom is -0.449 e. The van der Waals surface area contributed by atoms with Gasteiger partial charge in [-0.05, 0) is 43.4 Å². The van der Waals surface area contributed by atoms with Crippen LogP contribution in [-0.4, -0.2) is 29.0 Å². The summed E-state index contributed by atoms with van der Waals surface area (Å²) >= 11 is 0. The number of urea groups is 1. The molecule has 3 amide bonds. The van der Waals surface area contributed by atoms with Crippen LogP contribution in [0, 0.1) is 0 Å². The molecule has 0 saturated carbocycles.